The van der Waals surface area contributed by atoms with E-state index in [1.807, 2.05) is 0 Å². The highest BCUT2D eigenvalue weighted by molar-refractivity contribution is 9.10. The Bertz CT molecular complexity index is 161. The standard InChI is InChI=1S/C8H12BrN/c1-7-4-2-3-5-8(7,9)6-10/h7H,2-5H2,1H3. The van der Waals surface area contributed by atoms with Crippen LogP contribution in [0.1, 0.15) is 32.6 Å². The number of halogens is 1. The van der Waals surface area contributed by atoms with Crippen molar-refractivity contribution in [3.63, 3.8) is 0 Å². The van der Waals surface area contributed by atoms with Crippen LogP contribution >= 0.6 is 15.9 Å². The predicted molar refractivity (Wildman–Crippen MR) is 44.9 cm³/mol. The average molecular weight is 202 g/mol. The summed E-state index contributed by atoms with van der Waals surface area (Å²) in [5.41, 5.74) is 0. The fourth-order valence-corrected chi connectivity index (χ4v) is 1.98. The molecule has 0 heterocycles. The van der Waals surface area contributed by atoms with Crippen LogP contribution in [0.4, 0.5) is 0 Å². The molecule has 1 rings (SSSR count). The number of hydrogen-bond acceptors (Lipinski definition) is 1. The first-order chi connectivity index (χ1) is 4.69. The molecule has 2 atom stereocenters. The van der Waals surface area contributed by atoms with Crippen molar-refractivity contribution in [3.05, 3.63) is 0 Å². The molecule has 1 aliphatic rings. The summed E-state index contributed by atoms with van der Waals surface area (Å²) in [6, 6.07) is 2.35. The molecule has 1 aliphatic carbocycles. The summed E-state index contributed by atoms with van der Waals surface area (Å²) in [6.45, 7) is 2.15. The van der Waals surface area contributed by atoms with E-state index in [1.165, 1.54) is 19.3 Å². The molecule has 2 heteroatoms. The van der Waals surface area contributed by atoms with Crippen molar-refractivity contribution in [1.29, 1.82) is 5.26 Å². The first-order valence-corrected chi connectivity index (χ1v) is 4.58. The monoisotopic (exact) mass is 201 g/mol. The topological polar surface area (TPSA) is 23.8 Å². The number of nitriles is 1. The lowest BCUT2D eigenvalue weighted by molar-refractivity contribution is 0.351. The van der Waals surface area contributed by atoms with Crippen molar-refractivity contribution in [1.82, 2.24) is 0 Å². The molecule has 0 aliphatic heterocycles. The van der Waals surface area contributed by atoms with Gasteiger partial charge in [-0.1, -0.05) is 35.7 Å². The summed E-state index contributed by atoms with van der Waals surface area (Å²) in [7, 11) is 0. The van der Waals surface area contributed by atoms with Gasteiger partial charge in [0.2, 0.25) is 0 Å². The van der Waals surface area contributed by atoms with Crippen molar-refractivity contribution in [2.24, 2.45) is 5.92 Å². The van der Waals surface area contributed by atoms with Crippen molar-refractivity contribution >= 4 is 15.9 Å². The molecule has 0 saturated heterocycles. The van der Waals surface area contributed by atoms with Crippen LogP contribution in [-0.2, 0) is 0 Å². The third-order valence-corrected chi connectivity index (χ3v) is 3.75. The summed E-state index contributed by atoms with van der Waals surface area (Å²) in [6.07, 6.45) is 4.70. The van der Waals surface area contributed by atoms with Crippen molar-refractivity contribution < 1.29 is 0 Å². The van der Waals surface area contributed by atoms with Crippen LogP contribution in [0, 0.1) is 17.2 Å². The van der Waals surface area contributed by atoms with Gasteiger partial charge < -0.3 is 0 Å². The minimum atomic E-state index is -0.203. The highest BCUT2D eigenvalue weighted by atomic mass is 79.9. The molecular weight excluding hydrogens is 190 g/mol. The molecule has 2 unspecified atom stereocenters. The lowest BCUT2D eigenvalue weighted by atomic mass is 9.81. The van der Waals surface area contributed by atoms with Crippen LogP contribution in [0.3, 0.4) is 0 Å². The molecule has 0 aromatic rings. The molecule has 0 aromatic carbocycles. The zero-order valence-electron chi connectivity index (χ0n) is 6.23. The molecule has 1 fully saturated rings. The Kier molecular flexibility index (Phi) is 2.36. The summed E-state index contributed by atoms with van der Waals surface area (Å²) < 4.78 is -0.203. The molecule has 0 amide bonds. The van der Waals surface area contributed by atoms with E-state index in [0.29, 0.717) is 5.92 Å². The van der Waals surface area contributed by atoms with E-state index in [9.17, 15) is 0 Å². The SMILES string of the molecule is CC1CCCCC1(Br)C#N. The normalized spacial score (nSPS) is 40.7. The van der Waals surface area contributed by atoms with Crippen molar-refractivity contribution in [2.45, 2.75) is 36.9 Å². The van der Waals surface area contributed by atoms with E-state index in [2.05, 4.69) is 28.9 Å². The van der Waals surface area contributed by atoms with Gasteiger partial charge in [-0.25, -0.2) is 0 Å². The number of alkyl halides is 1. The maximum Gasteiger partial charge on any atom is 0.115 e. The van der Waals surface area contributed by atoms with Crippen LogP contribution in [0.2, 0.25) is 0 Å². The van der Waals surface area contributed by atoms with Crippen molar-refractivity contribution in [2.75, 3.05) is 0 Å². The third-order valence-electron chi connectivity index (χ3n) is 2.39. The minimum Gasteiger partial charge on any atom is -0.197 e. The summed E-state index contributed by atoms with van der Waals surface area (Å²) in [5.74, 6) is 0.520. The van der Waals surface area contributed by atoms with Gasteiger partial charge in [0, 0.05) is 0 Å². The smallest absolute Gasteiger partial charge is 0.115 e. The summed E-state index contributed by atoms with van der Waals surface area (Å²) in [4.78, 5) is 0. The molecule has 0 radical (unpaired) electrons. The Morgan fingerprint density at radius 3 is 2.70 bits per heavy atom. The van der Waals surface area contributed by atoms with Gasteiger partial charge in [-0.3, -0.25) is 0 Å². The first-order valence-electron chi connectivity index (χ1n) is 3.79. The molecular formula is C8H12BrN. The lowest BCUT2D eigenvalue weighted by Crippen LogP contribution is -2.30. The van der Waals surface area contributed by atoms with E-state index >= 15 is 0 Å². The second-order valence-electron chi connectivity index (χ2n) is 3.12. The van der Waals surface area contributed by atoms with E-state index in [4.69, 9.17) is 5.26 Å². The molecule has 1 saturated carbocycles. The second kappa shape index (κ2) is 2.92. The zero-order chi connectivity index (χ0) is 7.61. The summed E-state index contributed by atoms with van der Waals surface area (Å²) in [5, 5.41) is 8.82. The Balaban J connectivity index is 2.65. The Morgan fingerprint density at radius 1 is 1.60 bits per heavy atom. The highest BCUT2D eigenvalue weighted by Crippen LogP contribution is 2.39. The van der Waals surface area contributed by atoms with Crippen LogP contribution in [0.25, 0.3) is 0 Å². The maximum atomic E-state index is 8.82. The van der Waals surface area contributed by atoms with E-state index < -0.39 is 0 Å². The van der Waals surface area contributed by atoms with Gasteiger partial charge in [0.15, 0.2) is 0 Å². The quantitative estimate of drug-likeness (QED) is 0.554. The predicted octanol–water partition coefficient (Wildman–Crippen LogP) is 2.85. The van der Waals surface area contributed by atoms with E-state index in [-0.39, 0.29) is 4.32 Å². The third kappa shape index (κ3) is 1.34. The van der Waals surface area contributed by atoms with Crippen LogP contribution in [0.15, 0.2) is 0 Å². The van der Waals surface area contributed by atoms with Crippen LogP contribution in [0.5, 0.6) is 0 Å². The number of nitrogens with zero attached hydrogens (tertiary/aromatic N) is 1. The Labute approximate surface area is 70.5 Å². The van der Waals surface area contributed by atoms with Crippen LogP contribution < -0.4 is 0 Å². The van der Waals surface area contributed by atoms with Gasteiger partial charge in [0.1, 0.15) is 4.32 Å². The maximum absolute atomic E-state index is 8.82. The second-order valence-corrected chi connectivity index (χ2v) is 4.54. The molecule has 0 aromatic heterocycles. The molecule has 0 bridgehead atoms. The minimum absolute atomic E-state index is 0.203. The zero-order valence-corrected chi connectivity index (χ0v) is 7.82. The number of rotatable bonds is 0. The summed E-state index contributed by atoms with van der Waals surface area (Å²) >= 11 is 3.50. The molecule has 10 heavy (non-hydrogen) atoms. The van der Waals surface area contributed by atoms with Gasteiger partial charge in [0.05, 0.1) is 6.07 Å². The first kappa shape index (κ1) is 8.07. The fourth-order valence-electron chi connectivity index (χ4n) is 1.47. The fraction of sp³-hybridized carbons (Fsp3) is 0.875. The highest BCUT2D eigenvalue weighted by Gasteiger charge is 2.35. The van der Waals surface area contributed by atoms with Crippen molar-refractivity contribution in [3.8, 4) is 6.07 Å². The number of hydrogen-bond donors (Lipinski definition) is 0. The molecule has 0 spiro atoms. The van der Waals surface area contributed by atoms with Gasteiger partial charge in [-0.15, -0.1) is 0 Å². The van der Waals surface area contributed by atoms with Gasteiger partial charge >= 0.3 is 0 Å². The van der Waals surface area contributed by atoms with Crippen LogP contribution in [-0.4, -0.2) is 4.32 Å². The van der Waals surface area contributed by atoms with Gasteiger partial charge in [-0.05, 0) is 18.8 Å². The Hall–Kier alpha value is -0.0300. The Morgan fingerprint density at radius 2 is 2.30 bits per heavy atom. The lowest BCUT2D eigenvalue weighted by Gasteiger charge is -2.31. The molecule has 0 N–H and O–H groups in total. The average Bonchev–Trinajstić information content (AvgIpc) is 1.96. The van der Waals surface area contributed by atoms with E-state index in [0.717, 1.165) is 6.42 Å². The van der Waals surface area contributed by atoms with Gasteiger partial charge in [0.25, 0.3) is 0 Å². The molecule has 56 valence electrons. The van der Waals surface area contributed by atoms with Gasteiger partial charge in [-0.2, -0.15) is 5.26 Å². The molecule has 1 nitrogen and oxygen atoms in total. The largest absolute Gasteiger partial charge is 0.197 e. The van der Waals surface area contributed by atoms with E-state index in [1.54, 1.807) is 0 Å².